The van der Waals surface area contributed by atoms with E-state index in [4.69, 9.17) is 9.73 Å². The summed E-state index contributed by atoms with van der Waals surface area (Å²) in [5.41, 5.74) is 3.78. The van der Waals surface area contributed by atoms with Crippen LogP contribution in [0.1, 0.15) is 19.3 Å². The molecule has 4 heteroatoms. The van der Waals surface area contributed by atoms with E-state index < -0.39 is 0 Å². The first-order valence-electron chi connectivity index (χ1n) is 4.30. The van der Waals surface area contributed by atoms with Gasteiger partial charge in [-0.05, 0) is 30.4 Å². The van der Waals surface area contributed by atoms with Crippen molar-refractivity contribution in [2.75, 3.05) is 0 Å². The van der Waals surface area contributed by atoms with E-state index in [-0.39, 0.29) is 6.10 Å². The zero-order chi connectivity index (χ0) is 9.26. The van der Waals surface area contributed by atoms with E-state index in [0.29, 0.717) is 0 Å². The van der Waals surface area contributed by atoms with E-state index in [1.54, 1.807) is 0 Å². The Kier molecular flexibility index (Phi) is 2.47. The lowest BCUT2D eigenvalue weighted by Gasteiger charge is -2.07. The first-order valence-corrected chi connectivity index (χ1v) is 4.77. The van der Waals surface area contributed by atoms with Crippen molar-refractivity contribution in [3.05, 3.63) is 22.8 Å². The van der Waals surface area contributed by atoms with Crippen LogP contribution in [0.5, 0.6) is 0 Å². The van der Waals surface area contributed by atoms with Crippen molar-refractivity contribution in [3.63, 3.8) is 0 Å². The molecule has 0 radical (unpaired) electrons. The smallest absolute Gasteiger partial charge is 0.0863 e. The van der Waals surface area contributed by atoms with Crippen LogP contribution in [-0.2, 0) is 4.52 Å². The van der Waals surface area contributed by atoms with Crippen LogP contribution in [0.15, 0.2) is 28.0 Å². The Morgan fingerprint density at radius 2 is 2.54 bits per heavy atom. The minimum Gasteiger partial charge on any atom is -0.411 e. The van der Waals surface area contributed by atoms with Crippen molar-refractivity contribution < 1.29 is 9.73 Å². The standard InChI is InChI=1S/C9H12NO2P/c11-10-5-6-3-7-1-2-9(12-13)8(7)4-6/h4-5,9,11H,1-3,13H2/b10-5+. The summed E-state index contributed by atoms with van der Waals surface area (Å²) in [6.07, 6.45) is 6.89. The van der Waals surface area contributed by atoms with Gasteiger partial charge in [0.25, 0.3) is 0 Å². The fourth-order valence-corrected chi connectivity index (χ4v) is 2.30. The van der Waals surface area contributed by atoms with Gasteiger partial charge in [0.1, 0.15) is 0 Å². The molecule has 0 heterocycles. The van der Waals surface area contributed by atoms with Crippen molar-refractivity contribution in [2.24, 2.45) is 5.16 Å². The van der Waals surface area contributed by atoms with Gasteiger partial charge in [0.15, 0.2) is 0 Å². The number of nitrogens with zero attached hydrogens (tertiary/aromatic N) is 1. The zero-order valence-electron chi connectivity index (χ0n) is 7.23. The van der Waals surface area contributed by atoms with E-state index >= 15 is 0 Å². The predicted octanol–water partition coefficient (Wildman–Crippen LogP) is 2.04. The fraction of sp³-hybridized carbons (Fsp3) is 0.444. The summed E-state index contributed by atoms with van der Waals surface area (Å²) in [4.78, 5) is 0. The Bertz CT molecular complexity index is 307. The number of hydrogen-bond donors (Lipinski definition) is 1. The highest BCUT2D eigenvalue weighted by atomic mass is 31.0. The normalized spacial score (nSPS) is 27.2. The SMILES string of the molecule is O/N=C/C1=CC2=C(CCC2OP)C1. The second-order valence-corrected chi connectivity index (χ2v) is 3.64. The molecular weight excluding hydrogens is 185 g/mol. The fourth-order valence-electron chi connectivity index (χ4n) is 2.01. The molecule has 2 aliphatic rings. The predicted molar refractivity (Wildman–Crippen MR) is 53.8 cm³/mol. The second-order valence-electron chi connectivity index (χ2n) is 3.36. The van der Waals surface area contributed by atoms with Gasteiger partial charge in [-0.25, -0.2) is 0 Å². The number of rotatable bonds is 2. The Morgan fingerprint density at radius 3 is 3.23 bits per heavy atom. The van der Waals surface area contributed by atoms with Gasteiger partial charge < -0.3 is 9.73 Å². The van der Waals surface area contributed by atoms with Gasteiger partial charge in [0, 0.05) is 9.47 Å². The van der Waals surface area contributed by atoms with Crippen molar-refractivity contribution in [2.45, 2.75) is 25.4 Å². The molecule has 70 valence electrons. The lowest BCUT2D eigenvalue weighted by molar-refractivity contribution is 0.284. The maximum Gasteiger partial charge on any atom is 0.0863 e. The second kappa shape index (κ2) is 3.60. The molecule has 0 bridgehead atoms. The first-order chi connectivity index (χ1) is 6.35. The van der Waals surface area contributed by atoms with Crippen molar-refractivity contribution in [1.29, 1.82) is 0 Å². The van der Waals surface area contributed by atoms with Crippen LogP contribution in [0.25, 0.3) is 0 Å². The first kappa shape index (κ1) is 8.92. The van der Waals surface area contributed by atoms with Gasteiger partial charge in [-0.15, -0.1) is 0 Å². The zero-order valence-corrected chi connectivity index (χ0v) is 8.39. The maximum absolute atomic E-state index is 8.39. The van der Waals surface area contributed by atoms with E-state index in [2.05, 4.69) is 20.7 Å². The van der Waals surface area contributed by atoms with Crippen molar-refractivity contribution in [1.82, 2.24) is 0 Å². The molecule has 0 spiro atoms. The van der Waals surface area contributed by atoms with Crippen LogP contribution in [0.2, 0.25) is 0 Å². The van der Waals surface area contributed by atoms with E-state index in [1.165, 1.54) is 17.4 Å². The van der Waals surface area contributed by atoms with E-state index in [1.807, 2.05) is 0 Å². The molecule has 0 saturated heterocycles. The Morgan fingerprint density at radius 1 is 1.69 bits per heavy atom. The highest BCUT2D eigenvalue weighted by molar-refractivity contribution is 7.09. The van der Waals surface area contributed by atoms with Crippen LogP contribution in [0.4, 0.5) is 0 Å². The van der Waals surface area contributed by atoms with Crippen LogP contribution in [0, 0.1) is 0 Å². The van der Waals surface area contributed by atoms with Crippen molar-refractivity contribution >= 4 is 15.7 Å². The molecule has 0 fully saturated rings. The highest BCUT2D eigenvalue weighted by Gasteiger charge is 2.28. The summed E-state index contributed by atoms with van der Waals surface area (Å²) in [5.74, 6) is 0. The molecule has 0 aliphatic heterocycles. The highest BCUT2D eigenvalue weighted by Crippen LogP contribution is 2.39. The topological polar surface area (TPSA) is 41.8 Å². The third-order valence-corrected chi connectivity index (χ3v) is 2.94. The van der Waals surface area contributed by atoms with Gasteiger partial charge in [0.2, 0.25) is 0 Å². The number of hydrogen-bond acceptors (Lipinski definition) is 3. The lowest BCUT2D eigenvalue weighted by atomic mass is 10.1. The molecule has 0 amide bonds. The molecule has 13 heavy (non-hydrogen) atoms. The summed E-state index contributed by atoms with van der Waals surface area (Å²) in [6.45, 7) is 0. The average molecular weight is 197 g/mol. The molecule has 2 atom stereocenters. The number of oxime groups is 1. The third-order valence-electron chi connectivity index (χ3n) is 2.61. The molecule has 2 aliphatic carbocycles. The van der Waals surface area contributed by atoms with Gasteiger partial charge in [-0.2, -0.15) is 0 Å². The molecular formula is C9H12NO2P. The molecule has 0 aromatic rings. The van der Waals surface area contributed by atoms with Gasteiger partial charge >= 0.3 is 0 Å². The molecule has 2 rings (SSSR count). The van der Waals surface area contributed by atoms with Crippen LogP contribution < -0.4 is 0 Å². The molecule has 0 aromatic carbocycles. The van der Waals surface area contributed by atoms with Gasteiger partial charge in [0.05, 0.1) is 12.3 Å². The third kappa shape index (κ3) is 1.54. The van der Waals surface area contributed by atoms with Crippen molar-refractivity contribution in [3.8, 4) is 0 Å². The Hall–Kier alpha value is -0.660. The Labute approximate surface area is 79.4 Å². The molecule has 0 saturated carbocycles. The monoisotopic (exact) mass is 197 g/mol. The van der Waals surface area contributed by atoms with Gasteiger partial charge in [-0.1, -0.05) is 16.8 Å². The largest absolute Gasteiger partial charge is 0.411 e. The van der Waals surface area contributed by atoms with Gasteiger partial charge in [-0.3, -0.25) is 0 Å². The van der Waals surface area contributed by atoms with Crippen LogP contribution >= 0.6 is 9.47 Å². The lowest BCUT2D eigenvalue weighted by Crippen LogP contribution is -2.03. The minimum atomic E-state index is 0.226. The van der Waals surface area contributed by atoms with E-state index in [9.17, 15) is 0 Å². The summed E-state index contributed by atoms with van der Waals surface area (Å²) in [6, 6.07) is 0. The maximum atomic E-state index is 8.39. The quantitative estimate of drug-likeness (QED) is 0.318. The summed E-state index contributed by atoms with van der Waals surface area (Å²) < 4.78 is 5.26. The molecule has 3 nitrogen and oxygen atoms in total. The summed E-state index contributed by atoms with van der Waals surface area (Å²) >= 11 is 0. The summed E-state index contributed by atoms with van der Waals surface area (Å²) in [5, 5.41) is 11.4. The Balaban J connectivity index is 2.16. The molecule has 2 unspecified atom stereocenters. The number of allylic oxidation sites excluding steroid dienone is 2. The van der Waals surface area contributed by atoms with E-state index in [0.717, 1.165) is 24.8 Å². The van der Waals surface area contributed by atoms with Crippen LogP contribution in [0.3, 0.4) is 0 Å². The summed E-state index contributed by atoms with van der Waals surface area (Å²) in [7, 11) is 2.31. The molecule has 1 N–H and O–H groups in total. The minimum absolute atomic E-state index is 0.226. The van der Waals surface area contributed by atoms with Crippen LogP contribution in [-0.4, -0.2) is 17.5 Å². The molecule has 0 aromatic heterocycles. The average Bonchev–Trinajstić information content (AvgIpc) is 2.63.